The van der Waals surface area contributed by atoms with Crippen LogP contribution in [0.15, 0.2) is 54.7 Å². The van der Waals surface area contributed by atoms with Crippen LogP contribution in [-0.2, 0) is 4.74 Å². The van der Waals surface area contributed by atoms with Crippen molar-refractivity contribution < 1.29 is 24.2 Å². The number of nitrogens with zero attached hydrogens (tertiary/aromatic N) is 2. The molecule has 140 valence electrons. The molecule has 0 unspecified atom stereocenters. The molecule has 0 radical (unpaired) electrons. The summed E-state index contributed by atoms with van der Waals surface area (Å²) in [5, 5.41) is 18.4. The van der Waals surface area contributed by atoms with Gasteiger partial charge in [-0.1, -0.05) is 12.1 Å². The molecule has 3 N–H and O–H groups in total. The molecule has 0 atom stereocenters. The Bertz CT molecular complexity index is 1090. The van der Waals surface area contributed by atoms with E-state index >= 15 is 0 Å². The summed E-state index contributed by atoms with van der Waals surface area (Å²) in [6.45, 7) is 0. The monoisotopic (exact) mass is 377 g/mol. The standard InChI is InChI=1S/C20H15N3O5/c1-27-20(26)18-17(22)12(10-21)11-23(18)13-6-8-14(9-7-13)28-16-5-3-2-4-15(16)19(24)25/h2-9,11H,22H2,1H3,(H,24,25). The topological polar surface area (TPSA) is 128 Å². The van der Waals surface area contributed by atoms with E-state index in [1.165, 1.54) is 23.9 Å². The SMILES string of the molecule is COC(=O)c1c(N)c(C#N)cn1-c1ccc(Oc2ccccc2C(=O)O)cc1. The number of esters is 1. The van der Waals surface area contributed by atoms with Gasteiger partial charge in [0, 0.05) is 11.9 Å². The first kappa shape index (κ1) is 18.5. The van der Waals surface area contributed by atoms with Crippen molar-refractivity contribution in [2.75, 3.05) is 12.8 Å². The van der Waals surface area contributed by atoms with Crippen molar-refractivity contribution in [2.24, 2.45) is 0 Å². The van der Waals surface area contributed by atoms with E-state index in [1.54, 1.807) is 42.5 Å². The molecule has 0 aliphatic heterocycles. The third-order valence-corrected chi connectivity index (χ3v) is 4.00. The van der Waals surface area contributed by atoms with Gasteiger partial charge in [0.1, 0.15) is 23.1 Å². The second kappa shape index (κ2) is 7.55. The van der Waals surface area contributed by atoms with Gasteiger partial charge in [0.25, 0.3) is 0 Å². The number of methoxy groups -OCH3 is 1. The summed E-state index contributed by atoms with van der Waals surface area (Å²) in [7, 11) is 1.22. The number of rotatable bonds is 5. The minimum Gasteiger partial charge on any atom is -0.478 e. The van der Waals surface area contributed by atoms with Crippen molar-refractivity contribution in [3.05, 3.63) is 71.5 Å². The van der Waals surface area contributed by atoms with Gasteiger partial charge in [0.15, 0.2) is 5.69 Å². The Labute approximate surface area is 160 Å². The van der Waals surface area contributed by atoms with Crippen LogP contribution < -0.4 is 10.5 Å². The zero-order valence-corrected chi connectivity index (χ0v) is 14.7. The fraction of sp³-hybridized carbons (Fsp3) is 0.0500. The number of hydrogen-bond donors (Lipinski definition) is 2. The van der Waals surface area contributed by atoms with E-state index in [2.05, 4.69) is 0 Å². The zero-order valence-electron chi connectivity index (χ0n) is 14.7. The van der Waals surface area contributed by atoms with Crippen LogP contribution in [0.25, 0.3) is 5.69 Å². The molecule has 3 aromatic rings. The lowest BCUT2D eigenvalue weighted by Crippen LogP contribution is -2.11. The van der Waals surface area contributed by atoms with E-state index < -0.39 is 11.9 Å². The number of carboxylic acids is 1. The highest BCUT2D eigenvalue weighted by Crippen LogP contribution is 2.28. The second-order valence-corrected chi connectivity index (χ2v) is 5.68. The van der Waals surface area contributed by atoms with Crippen LogP contribution in [0.2, 0.25) is 0 Å². The lowest BCUT2D eigenvalue weighted by atomic mass is 10.2. The number of para-hydroxylation sites is 1. The highest BCUT2D eigenvalue weighted by molar-refractivity contribution is 5.96. The predicted molar refractivity (Wildman–Crippen MR) is 99.7 cm³/mol. The Morgan fingerprint density at radius 1 is 1.14 bits per heavy atom. The van der Waals surface area contributed by atoms with Crippen molar-refractivity contribution in [1.82, 2.24) is 4.57 Å². The summed E-state index contributed by atoms with van der Waals surface area (Å²) in [5.41, 5.74) is 6.69. The van der Waals surface area contributed by atoms with Gasteiger partial charge >= 0.3 is 11.9 Å². The van der Waals surface area contributed by atoms with E-state index in [0.29, 0.717) is 11.4 Å². The molecule has 0 spiro atoms. The number of hydrogen-bond acceptors (Lipinski definition) is 6. The Hall–Kier alpha value is -4.25. The number of carbonyl (C=O) groups is 2. The quantitative estimate of drug-likeness (QED) is 0.653. The van der Waals surface area contributed by atoms with Crippen molar-refractivity contribution in [2.45, 2.75) is 0 Å². The Morgan fingerprint density at radius 3 is 2.43 bits per heavy atom. The number of nitrogen functional groups attached to an aromatic ring is 1. The fourth-order valence-electron chi connectivity index (χ4n) is 2.65. The number of ether oxygens (including phenoxy) is 2. The lowest BCUT2D eigenvalue weighted by Gasteiger charge is -2.11. The summed E-state index contributed by atoms with van der Waals surface area (Å²) < 4.78 is 11.9. The first-order valence-electron chi connectivity index (χ1n) is 8.06. The van der Waals surface area contributed by atoms with Gasteiger partial charge in [0.2, 0.25) is 0 Å². The molecule has 1 aromatic heterocycles. The van der Waals surface area contributed by atoms with Gasteiger partial charge in [-0.15, -0.1) is 0 Å². The molecule has 0 bridgehead atoms. The van der Waals surface area contributed by atoms with Crippen molar-refractivity contribution in [1.29, 1.82) is 5.26 Å². The number of aromatic carboxylic acids is 1. The maximum Gasteiger partial charge on any atom is 0.357 e. The maximum absolute atomic E-state index is 12.1. The van der Waals surface area contributed by atoms with Gasteiger partial charge in [-0.2, -0.15) is 5.26 Å². The normalized spacial score (nSPS) is 10.1. The van der Waals surface area contributed by atoms with Gasteiger partial charge in [-0.05, 0) is 36.4 Å². The maximum atomic E-state index is 12.1. The number of nitrogens with two attached hydrogens (primary N) is 1. The molecule has 0 aliphatic carbocycles. The van der Waals surface area contributed by atoms with Crippen LogP contribution in [0.3, 0.4) is 0 Å². The summed E-state index contributed by atoms with van der Waals surface area (Å²) in [5.74, 6) is -1.16. The molecule has 0 fully saturated rings. The third-order valence-electron chi connectivity index (χ3n) is 4.00. The van der Waals surface area contributed by atoms with Gasteiger partial charge in [-0.3, -0.25) is 0 Å². The van der Waals surface area contributed by atoms with Crippen LogP contribution in [0.4, 0.5) is 5.69 Å². The van der Waals surface area contributed by atoms with Gasteiger partial charge in [0.05, 0.1) is 18.4 Å². The number of nitriles is 1. The van der Waals surface area contributed by atoms with Gasteiger partial charge < -0.3 is 24.9 Å². The first-order chi connectivity index (χ1) is 13.5. The van der Waals surface area contributed by atoms with Crippen LogP contribution in [-0.4, -0.2) is 28.7 Å². The Morgan fingerprint density at radius 2 is 1.82 bits per heavy atom. The molecule has 0 aliphatic rings. The second-order valence-electron chi connectivity index (χ2n) is 5.68. The molecule has 2 aromatic carbocycles. The predicted octanol–water partition coefficient (Wildman–Crippen LogP) is 3.21. The van der Waals surface area contributed by atoms with E-state index in [-0.39, 0.29) is 28.3 Å². The van der Waals surface area contributed by atoms with E-state index in [0.717, 1.165) is 0 Å². The smallest absolute Gasteiger partial charge is 0.357 e. The highest BCUT2D eigenvalue weighted by Gasteiger charge is 2.21. The average Bonchev–Trinajstić information content (AvgIpc) is 3.04. The van der Waals surface area contributed by atoms with Crippen LogP contribution in [0, 0.1) is 11.3 Å². The molecular weight excluding hydrogens is 362 g/mol. The van der Waals surface area contributed by atoms with Crippen LogP contribution in [0.1, 0.15) is 26.4 Å². The summed E-state index contributed by atoms with van der Waals surface area (Å²) in [6, 6.07) is 14.7. The molecule has 0 saturated heterocycles. The number of aromatic nitrogens is 1. The summed E-state index contributed by atoms with van der Waals surface area (Å²) >= 11 is 0. The van der Waals surface area contributed by atoms with Crippen LogP contribution in [0.5, 0.6) is 11.5 Å². The molecule has 8 heteroatoms. The summed E-state index contributed by atoms with van der Waals surface area (Å²) in [4.78, 5) is 23.3. The third kappa shape index (κ3) is 3.37. The van der Waals surface area contributed by atoms with Crippen LogP contribution >= 0.6 is 0 Å². The molecule has 1 heterocycles. The first-order valence-corrected chi connectivity index (χ1v) is 8.06. The molecule has 8 nitrogen and oxygen atoms in total. The highest BCUT2D eigenvalue weighted by atomic mass is 16.5. The molecule has 3 rings (SSSR count). The number of carbonyl (C=O) groups excluding carboxylic acids is 1. The Balaban J connectivity index is 1.96. The van der Waals surface area contributed by atoms with Gasteiger partial charge in [-0.25, -0.2) is 9.59 Å². The molecule has 0 saturated carbocycles. The average molecular weight is 377 g/mol. The van der Waals surface area contributed by atoms with Crippen molar-refractivity contribution >= 4 is 17.6 Å². The number of carboxylic acid groups (broad SMARTS) is 1. The summed E-state index contributed by atoms with van der Waals surface area (Å²) in [6.07, 6.45) is 1.44. The minimum absolute atomic E-state index is 0.0325. The zero-order chi connectivity index (χ0) is 20.3. The van der Waals surface area contributed by atoms with E-state index in [9.17, 15) is 20.0 Å². The molecular formula is C20H15N3O5. The lowest BCUT2D eigenvalue weighted by molar-refractivity contribution is 0.0592. The largest absolute Gasteiger partial charge is 0.478 e. The minimum atomic E-state index is -1.10. The fourth-order valence-corrected chi connectivity index (χ4v) is 2.65. The van der Waals surface area contributed by atoms with E-state index in [4.69, 9.17) is 15.2 Å². The Kier molecular flexibility index (Phi) is 5.00. The number of anilines is 1. The molecule has 0 amide bonds. The molecule has 28 heavy (non-hydrogen) atoms. The van der Waals surface area contributed by atoms with E-state index in [1.807, 2.05) is 6.07 Å². The number of benzene rings is 2. The van der Waals surface area contributed by atoms with Crippen molar-refractivity contribution in [3.63, 3.8) is 0 Å². The van der Waals surface area contributed by atoms with Crippen molar-refractivity contribution in [3.8, 4) is 23.3 Å².